The Kier molecular flexibility index (Phi) is 5.10. The SMILES string of the molecule is NC(=O)c1cc(-c2ccccc2)n(CCCN2CCOCC2)c1. The quantitative estimate of drug-likeness (QED) is 0.887. The van der Waals surface area contributed by atoms with Gasteiger partial charge in [-0.15, -0.1) is 0 Å². The first-order valence-electron chi connectivity index (χ1n) is 8.09. The molecule has 0 bridgehead atoms. The van der Waals surface area contributed by atoms with Gasteiger partial charge in [0.1, 0.15) is 0 Å². The van der Waals surface area contributed by atoms with Gasteiger partial charge < -0.3 is 15.0 Å². The zero-order chi connectivity index (χ0) is 16.1. The minimum absolute atomic E-state index is 0.380. The van der Waals surface area contributed by atoms with Crippen molar-refractivity contribution in [3.63, 3.8) is 0 Å². The molecule has 0 saturated carbocycles. The molecule has 122 valence electrons. The van der Waals surface area contributed by atoms with E-state index in [1.807, 2.05) is 30.5 Å². The Labute approximate surface area is 136 Å². The maximum Gasteiger partial charge on any atom is 0.250 e. The van der Waals surface area contributed by atoms with Gasteiger partial charge in [-0.05, 0) is 18.1 Å². The van der Waals surface area contributed by atoms with E-state index in [0.29, 0.717) is 5.56 Å². The standard InChI is InChI=1S/C18H23N3O2/c19-18(22)16-13-17(15-5-2-1-3-6-15)21(14-16)8-4-7-20-9-11-23-12-10-20/h1-3,5-6,13-14H,4,7-12H2,(H2,19,22). The monoisotopic (exact) mass is 313 g/mol. The van der Waals surface area contributed by atoms with E-state index in [-0.39, 0.29) is 5.91 Å². The Morgan fingerprint density at radius 1 is 1.13 bits per heavy atom. The molecule has 1 aliphatic heterocycles. The van der Waals surface area contributed by atoms with Crippen molar-refractivity contribution in [1.29, 1.82) is 0 Å². The van der Waals surface area contributed by atoms with E-state index in [2.05, 4.69) is 21.6 Å². The van der Waals surface area contributed by atoms with Gasteiger partial charge in [-0.1, -0.05) is 30.3 Å². The molecule has 0 atom stereocenters. The Bertz CT molecular complexity index is 646. The molecule has 1 aromatic carbocycles. The van der Waals surface area contributed by atoms with Crippen molar-refractivity contribution in [3.8, 4) is 11.3 Å². The van der Waals surface area contributed by atoms with Gasteiger partial charge in [-0.2, -0.15) is 0 Å². The molecule has 0 radical (unpaired) electrons. The Morgan fingerprint density at radius 2 is 1.87 bits per heavy atom. The third kappa shape index (κ3) is 4.00. The summed E-state index contributed by atoms with van der Waals surface area (Å²) in [5, 5.41) is 0. The highest BCUT2D eigenvalue weighted by molar-refractivity contribution is 5.94. The van der Waals surface area contributed by atoms with Crippen LogP contribution in [0, 0.1) is 0 Å². The van der Waals surface area contributed by atoms with Crippen molar-refractivity contribution in [2.24, 2.45) is 5.73 Å². The molecule has 5 heteroatoms. The topological polar surface area (TPSA) is 60.5 Å². The minimum Gasteiger partial charge on any atom is -0.379 e. The second-order valence-electron chi connectivity index (χ2n) is 5.85. The first-order chi connectivity index (χ1) is 11.2. The summed E-state index contributed by atoms with van der Waals surface area (Å²) in [7, 11) is 0. The molecule has 1 saturated heterocycles. The van der Waals surface area contributed by atoms with E-state index in [1.165, 1.54) is 0 Å². The fourth-order valence-electron chi connectivity index (χ4n) is 2.97. The zero-order valence-electron chi connectivity index (χ0n) is 13.3. The van der Waals surface area contributed by atoms with E-state index < -0.39 is 0 Å². The molecule has 1 aromatic heterocycles. The summed E-state index contributed by atoms with van der Waals surface area (Å²) < 4.78 is 7.51. The van der Waals surface area contributed by atoms with Crippen LogP contribution in [0.3, 0.4) is 0 Å². The van der Waals surface area contributed by atoms with Crippen LogP contribution >= 0.6 is 0 Å². The average Bonchev–Trinajstić information content (AvgIpc) is 3.01. The second kappa shape index (κ2) is 7.44. The largest absolute Gasteiger partial charge is 0.379 e. The van der Waals surface area contributed by atoms with Gasteiger partial charge in [-0.25, -0.2) is 0 Å². The molecule has 0 aliphatic carbocycles. The molecule has 1 fully saturated rings. The Hall–Kier alpha value is -2.11. The lowest BCUT2D eigenvalue weighted by atomic mass is 10.1. The number of carbonyl (C=O) groups excluding carboxylic acids is 1. The first-order valence-corrected chi connectivity index (χ1v) is 8.09. The van der Waals surface area contributed by atoms with E-state index in [1.54, 1.807) is 0 Å². The number of benzene rings is 1. The highest BCUT2D eigenvalue weighted by Gasteiger charge is 2.13. The number of nitrogens with two attached hydrogens (primary N) is 1. The number of amides is 1. The Balaban J connectivity index is 1.71. The third-order valence-electron chi connectivity index (χ3n) is 4.23. The minimum atomic E-state index is -0.380. The number of carbonyl (C=O) groups is 1. The molecule has 3 rings (SSSR count). The van der Waals surface area contributed by atoms with Gasteiger partial charge >= 0.3 is 0 Å². The fraction of sp³-hybridized carbons (Fsp3) is 0.389. The van der Waals surface area contributed by atoms with Crippen LogP contribution < -0.4 is 5.73 Å². The Morgan fingerprint density at radius 3 is 2.57 bits per heavy atom. The normalized spacial score (nSPS) is 15.7. The molecular formula is C18H23N3O2. The van der Waals surface area contributed by atoms with Crippen LogP contribution in [0.25, 0.3) is 11.3 Å². The van der Waals surface area contributed by atoms with Gasteiger partial charge in [0, 0.05) is 38.1 Å². The number of hydrogen-bond acceptors (Lipinski definition) is 3. The summed E-state index contributed by atoms with van der Waals surface area (Å²) in [6.45, 7) is 5.57. The number of ether oxygens (including phenoxy) is 1. The number of nitrogens with zero attached hydrogens (tertiary/aromatic N) is 2. The van der Waals surface area contributed by atoms with Crippen LogP contribution in [0.5, 0.6) is 0 Å². The molecule has 0 unspecified atom stereocenters. The number of primary amides is 1. The molecule has 2 aromatic rings. The van der Waals surface area contributed by atoms with Crippen molar-refractivity contribution >= 4 is 5.91 Å². The summed E-state index contributed by atoms with van der Waals surface area (Å²) in [4.78, 5) is 13.9. The van der Waals surface area contributed by atoms with Crippen molar-refractivity contribution in [1.82, 2.24) is 9.47 Å². The van der Waals surface area contributed by atoms with Crippen LogP contribution in [0.4, 0.5) is 0 Å². The van der Waals surface area contributed by atoms with Gasteiger partial charge in [0.15, 0.2) is 0 Å². The maximum absolute atomic E-state index is 11.5. The molecule has 0 spiro atoms. The van der Waals surface area contributed by atoms with Crippen LogP contribution in [0.1, 0.15) is 16.8 Å². The van der Waals surface area contributed by atoms with Gasteiger partial charge in [0.25, 0.3) is 0 Å². The van der Waals surface area contributed by atoms with E-state index >= 15 is 0 Å². The summed E-state index contributed by atoms with van der Waals surface area (Å²) in [6.07, 6.45) is 2.90. The molecule has 2 N–H and O–H groups in total. The highest BCUT2D eigenvalue weighted by atomic mass is 16.5. The summed E-state index contributed by atoms with van der Waals surface area (Å²) in [5.41, 5.74) is 8.16. The molecule has 23 heavy (non-hydrogen) atoms. The molecular weight excluding hydrogens is 290 g/mol. The number of hydrogen-bond donors (Lipinski definition) is 1. The maximum atomic E-state index is 11.5. The van der Waals surface area contributed by atoms with Gasteiger partial charge in [-0.3, -0.25) is 9.69 Å². The third-order valence-corrected chi connectivity index (χ3v) is 4.23. The summed E-state index contributed by atoms with van der Waals surface area (Å²) in [5.74, 6) is -0.380. The first kappa shape index (κ1) is 15.8. The highest BCUT2D eigenvalue weighted by Crippen LogP contribution is 2.22. The lowest BCUT2D eigenvalue weighted by molar-refractivity contribution is 0.0369. The van der Waals surface area contributed by atoms with E-state index in [0.717, 1.165) is 57.1 Å². The van der Waals surface area contributed by atoms with Crippen LogP contribution in [-0.4, -0.2) is 48.2 Å². The number of rotatable bonds is 6. The second-order valence-corrected chi connectivity index (χ2v) is 5.85. The summed E-state index contributed by atoms with van der Waals surface area (Å²) >= 11 is 0. The van der Waals surface area contributed by atoms with E-state index in [9.17, 15) is 4.79 Å². The molecule has 2 heterocycles. The van der Waals surface area contributed by atoms with Crippen molar-refractivity contribution in [3.05, 3.63) is 48.2 Å². The predicted octanol–water partition coefficient (Wildman–Crippen LogP) is 1.98. The lowest BCUT2D eigenvalue weighted by Gasteiger charge is -2.26. The van der Waals surface area contributed by atoms with Crippen LogP contribution in [0.15, 0.2) is 42.6 Å². The van der Waals surface area contributed by atoms with Crippen molar-refractivity contribution < 1.29 is 9.53 Å². The van der Waals surface area contributed by atoms with Crippen molar-refractivity contribution in [2.75, 3.05) is 32.8 Å². The molecule has 1 aliphatic rings. The fourth-order valence-corrected chi connectivity index (χ4v) is 2.97. The number of aryl methyl sites for hydroxylation is 1. The average molecular weight is 313 g/mol. The zero-order valence-corrected chi connectivity index (χ0v) is 13.3. The van der Waals surface area contributed by atoms with Gasteiger partial charge in [0.05, 0.1) is 18.8 Å². The molecule has 5 nitrogen and oxygen atoms in total. The van der Waals surface area contributed by atoms with Crippen molar-refractivity contribution in [2.45, 2.75) is 13.0 Å². The predicted molar refractivity (Wildman–Crippen MR) is 90.3 cm³/mol. The van der Waals surface area contributed by atoms with Crippen LogP contribution in [0.2, 0.25) is 0 Å². The van der Waals surface area contributed by atoms with Crippen LogP contribution in [-0.2, 0) is 11.3 Å². The molecule has 1 amide bonds. The van der Waals surface area contributed by atoms with Gasteiger partial charge in [0.2, 0.25) is 5.91 Å². The summed E-state index contributed by atoms with van der Waals surface area (Å²) in [6, 6.07) is 12.0. The number of morpholine rings is 1. The lowest BCUT2D eigenvalue weighted by Crippen LogP contribution is -2.37. The smallest absolute Gasteiger partial charge is 0.250 e. The van der Waals surface area contributed by atoms with E-state index in [4.69, 9.17) is 10.5 Å². The number of aromatic nitrogens is 1.